The van der Waals surface area contributed by atoms with Crippen molar-refractivity contribution in [2.24, 2.45) is 5.92 Å². The van der Waals surface area contributed by atoms with E-state index < -0.39 is 0 Å². The normalized spacial score (nSPS) is 12.5. The van der Waals surface area contributed by atoms with E-state index in [4.69, 9.17) is 26.1 Å². The first-order valence-corrected chi connectivity index (χ1v) is 17.3. The molecular formula is C39H49ClN4O2. The van der Waals surface area contributed by atoms with Gasteiger partial charge in [0.15, 0.2) is 0 Å². The van der Waals surface area contributed by atoms with E-state index in [1.165, 1.54) is 19.3 Å². The smallest absolute Gasteiger partial charge is 0.131 e. The van der Waals surface area contributed by atoms with Gasteiger partial charge in [-0.1, -0.05) is 65.0 Å². The zero-order chi connectivity index (χ0) is 32.7. The summed E-state index contributed by atoms with van der Waals surface area (Å²) in [4.78, 5) is 7.49. The first-order valence-electron chi connectivity index (χ1n) is 17.0. The number of nitriles is 1. The second-order valence-corrected chi connectivity index (χ2v) is 12.3. The number of hydrogen-bond donors (Lipinski definition) is 0. The number of nitrogens with zero attached hydrogens (tertiary/aromatic N) is 4. The molecule has 0 bridgehead atoms. The van der Waals surface area contributed by atoms with Crippen LogP contribution in [-0.4, -0.2) is 40.7 Å². The fraction of sp³-hybridized carbons (Fsp3) is 0.436. The number of aromatic nitrogens is 2. The number of hydrogen-bond acceptors (Lipinski definition) is 5. The average molecular weight is 641 g/mol. The highest BCUT2D eigenvalue weighted by Gasteiger charge is 2.22. The standard InChI is InChI=1S/C39H49ClN4O2/c1-5-9-11-30(6-2)12-13-32(28-41)39-42-38(31-14-20-35(21-15-31)45-27-10-26-43(7-3)8-4)29-44(39)34-18-24-37(25-19-34)46-36-22-16-33(40)17-23-36/h14-25,29-30,32H,5-13,26-27H2,1-4H3. The van der Waals surface area contributed by atoms with Gasteiger partial charge in [0, 0.05) is 29.0 Å². The molecule has 0 spiro atoms. The van der Waals surface area contributed by atoms with Crippen LogP contribution >= 0.6 is 11.6 Å². The second-order valence-electron chi connectivity index (χ2n) is 11.8. The lowest BCUT2D eigenvalue weighted by molar-refractivity contribution is 0.249. The molecule has 4 aromatic rings. The highest BCUT2D eigenvalue weighted by Crippen LogP contribution is 2.32. The van der Waals surface area contributed by atoms with Crippen LogP contribution in [0.1, 0.15) is 84.4 Å². The Morgan fingerprint density at radius 3 is 2.09 bits per heavy atom. The summed E-state index contributed by atoms with van der Waals surface area (Å²) in [7, 11) is 0. The number of halogens is 1. The molecule has 1 heterocycles. The minimum absolute atomic E-state index is 0.317. The van der Waals surface area contributed by atoms with Gasteiger partial charge in [-0.15, -0.1) is 0 Å². The third-order valence-corrected chi connectivity index (χ3v) is 8.96. The Hall–Kier alpha value is -3.79. The lowest BCUT2D eigenvalue weighted by Gasteiger charge is -2.17. The Morgan fingerprint density at radius 2 is 1.48 bits per heavy atom. The van der Waals surface area contributed by atoms with Crippen LogP contribution in [0.2, 0.25) is 5.02 Å². The zero-order valence-electron chi connectivity index (χ0n) is 27.9. The Bertz CT molecular complexity index is 1490. The van der Waals surface area contributed by atoms with Crippen LogP contribution in [0, 0.1) is 17.2 Å². The molecular weight excluding hydrogens is 592 g/mol. The number of unbranched alkanes of at least 4 members (excludes halogenated alkanes) is 1. The molecule has 46 heavy (non-hydrogen) atoms. The molecule has 4 rings (SSSR count). The van der Waals surface area contributed by atoms with Crippen LogP contribution in [0.5, 0.6) is 17.2 Å². The summed E-state index contributed by atoms with van der Waals surface area (Å²) in [6.07, 6.45) is 9.62. The lowest BCUT2D eigenvalue weighted by atomic mass is 9.90. The summed E-state index contributed by atoms with van der Waals surface area (Å²) in [6.45, 7) is 12.7. The summed E-state index contributed by atoms with van der Waals surface area (Å²) in [5.74, 6) is 3.37. The number of benzene rings is 3. The first kappa shape index (κ1) is 35.1. The molecule has 2 unspecified atom stereocenters. The summed E-state index contributed by atoms with van der Waals surface area (Å²) in [5, 5.41) is 11.0. The summed E-state index contributed by atoms with van der Waals surface area (Å²) < 4.78 is 14.1. The van der Waals surface area contributed by atoms with Gasteiger partial charge in [-0.2, -0.15) is 5.26 Å². The Balaban J connectivity index is 1.55. The highest BCUT2D eigenvalue weighted by molar-refractivity contribution is 6.30. The van der Waals surface area contributed by atoms with Crippen molar-refractivity contribution in [2.45, 2.75) is 78.6 Å². The number of rotatable bonds is 19. The van der Waals surface area contributed by atoms with Crippen molar-refractivity contribution in [2.75, 3.05) is 26.2 Å². The lowest BCUT2D eigenvalue weighted by Crippen LogP contribution is -2.25. The Labute approximate surface area is 280 Å². The van der Waals surface area contributed by atoms with Crippen LogP contribution in [0.4, 0.5) is 0 Å². The van der Waals surface area contributed by atoms with Gasteiger partial charge in [-0.25, -0.2) is 4.98 Å². The molecule has 0 aliphatic carbocycles. The maximum absolute atomic E-state index is 10.4. The van der Waals surface area contributed by atoms with E-state index in [9.17, 15) is 5.26 Å². The van der Waals surface area contributed by atoms with Crippen LogP contribution in [-0.2, 0) is 0 Å². The van der Waals surface area contributed by atoms with E-state index in [-0.39, 0.29) is 5.92 Å². The molecule has 2 atom stereocenters. The third kappa shape index (κ3) is 10.1. The van der Waals surface area contributed by atoms with Crippen molar-refractivity contribution >= 4 is 11.6 Å². The fourth-order valence-corrected chi connectivity index (χ4v) is 5.86. The monoisotopic (exact) mass is 640 g/mol. The predicted octanol–water partition coefficient (Wildman–Crippen LogP) is 10.7. The van der Waals surface area contributed by atoms with E-state index in [1.807, 2.05) is 66.9 Å². The zero-order valence-corrected chi connectivity index (χ0v) is 28.7. The van der Waals surface area contributed by atoms with Crippen molar-refractivity contribution in [3.8, 4) is 40.3 Å². The van der Waals surface area contributed by atoms with E-state index in [0.717, 1.165) is 85.3 Å². The molecule has 1 aromatic heterocycles. The molecule has 0 amide bonds. The van der Waals surface area contributed by atoms with Crippen molar-refractivity contribution in [3.05, 3.63) is 89.8 Å². The largest absolute Gasteiger partial charge is 0.494 e. The van der Waals surface area contributed by atoms with Gasteiger partial charge in [0.25, 0.3) is 0 Å². The summed E-state index contributed by atoms with van der Waals surface area (Å²) >= 11 is 6.03. The van der Waals surface area contributed by atoms with E-state index in [1.54, 1.807) is 0 Å². The van der Waals surface area contributed by atoms with Gasteiger partial charge in [-0.3, -0.25) is 0 Å². The third-order valence-electron chi connectivity index (χ3n) is 8.70. The SMILES string of the molecule is CCCCC(CC)CCC(C#N)c1nc(-c2ccc(OCCCN(CC)CC)cc2)cn1-c1ccc(Oc2ccc(Cl)cc2)cc1. The average Bonchev–Trinajstić information content (AvgIpc) is 3.53. The van der Waals surface area contributed by atoms with Gasteiger partial charge in [0.2, 0.25) is 0 Å². The predicted molar refractivity (Wildman–Crippen MR) is 189 cm³/mol. The number of imidazole rings is 1. The van der Waals surface area contributed by atoms with E-state index >= 15 is 0 Å². The van der Waals surface area contributed by atoms with Crippen LogP contribution < -0.4 is 9.47 Å². The first-order chi connectivity index (χ1) is 22.5. The molecule has 0 fully saturated rings. The maximum Gasteiger partial charge on any atom is 0.131 e. The second kappa shape index (κ2) is 18.4. The minimum atomic E-state index is -0.317. The van der Waals surface area contributed by atoms with Crippen molar-refractivity contribution in [1.82, 2.24) is 14.5 Å². The highest BCUT2D eigenvalue weighted by atomic mass is 35.5. The van der Waals surface area contributed by atoms with Crippen molar-refractivity contribution in [3.63, 3.8) is 0 Å². The molecule has 0 saturated carbocycles. The Kier molecular flexibility index (Phi) is 14.0. The van der Waals surface area contributed by atoms with Crippen molar-refractivity contribution < 1.29 is 9.47 Å². The topological polar surface area (TPSA) is 63.3 Å². The molecule has 0 N–H and O–H groups in total. The summed E-state index contributed by atoms with van der Waals surface area (Å²) in [6, 6.07) is 25.9. The van der Waals surface area contributed by atoms with Crippen LogP contribution in [0.25, 0.3) is 16.9 Å². The van der Waals surface area contributed by atoms with Gasteiger partial charge >= 0.3 is 0 Å². The molecule has 7 heteroatoms. The summed E-state index contributed by atoms with van der Waals surface area (Å²) in [5.41, 5.74) is 2.76. The van der Waals surface area contributed by atoms with Crippen molar-refractivity contribution in [1.29, 1.82) is 5.26 Å². The Morgan fingerprint density at radius 1 is 0.826 bits per heavy atom. The minimum Gasteiger partial charge on any atom is -0.494 e. The molecule has 6 nitrogen and oxygen atoms in total. The fourth-order valence-electron chi connectivity index (χ4n) is 5.74. The van der Waals surface area contributed by atoms with Crippen LogP contribution in [0.15, 0.2) is 79.0 Å². The number of ether oxygens (including phenoxy) is 2. The maximum atomic E-state index is 10.4. The van der Waals surface area contributed by atoms with E-state index in [0.29, 0.717) is 17.5 Å². The quantitative estimate of drug-likeness (QED) is 0.0954. The van der Waals surface area contributed by atoms with Gasteiger partial charge in [0.05, 0.1) is 18.4 Å². The van der Waals surface area contributed by atoms with E-state index in [2.05, 4.69) is 55.4 Å². The molecule has 3 aromatic carbocycles. The van der Waals surface area contributed by atoms with Crippen LogP contribution in [0.3, 0.4) is 0 Å². The molecule has 0 saturated heterocycles. The molecule has 0 aliphatic rings. The molecule has 0 aliphatic heterocycles. The van der Waals surface area contributed by atoms with Gasteiger partial charge in [0.1, 0.15) is 29.0 Å². The van der Waals surface area contributed by atoms with Gasteiger partial charge < -0.3 is 18.9 Å². The molecule has 0 radical (unpaired) electrons. The van der Waals surface area contributed by atoms with Gasteiger partial charge in [-0.05, 0) is 111 Å². The molecule has 244 valence electrons.